The van der Waals surface area contributed by atoms with Gasteiger partial charge in [0.25, 0.3) is 0 Å². The van der Waals surface area contributed by atoms with Crippen LogP contribution in [0.5, 0.6) is 5.75 Å². The number of para-hydroxylation sites is 1. The molecule has 0 aliphatic heterocycles. The number of hydrogen-bond donors (Lipinski definition) is 15. The minimum atomic E-state index is -1.74. The number of rotatable bonds is 30. The second kappa shape index (κ2) is 29.9. The Morgan fingerprint density at radius 1 is 0.645 bits per heavy atom. The number of nitrogens with zero attached hydrogens (tertiary/aromatic N) is 1. The summed E-state index contributed by atoms with van der Waals surface area (Å²) in [7, 11) is 0. The third-order valence-electron chi connectivity index (χ3n) is 12.6. The molecule has 2 aromatic carbocycles. The summed E-state index contributed by atoms with van der Waals surface area (Å²) in [5, 5.41) is 51.7. The third-order valence-corrected chi connectivity index (χ3v) is 12.6. The Morgan fingerprint density at radius 2 is 1.18 bits per heavy atom. The zero-order valence-corrected chi connectivity index (χ0v) is 44.3. The Bertz CT molecular complexity index is 2510. The van der Waals surface area contributed by atoms with Crippen LogP contribution in [0.4, 0.5) is 0 Å². The van der Waals surface area contributed by atoms with Gasteiger partial charge in [-0.25, -0.2) is 4.79 Å². The van der Waals surface area contributed by atoms with Crippen molar-refractivity contribution in [1.29, 1.82) is 0 Å². The molecule has 0 fully saturated rings. The Kier molecular flexibility index (Phi) is 24.6. The molecule has 0 aliphatic carbocycles. The number of carbonyl (C=O) groups excluding carboxylic acids is 8. The molecule has 0 aliphatic rings. The lowest BCUT2D eigenvalue weighted by Crippen LogP contribution is -2.62. The molecule has 0 spiro atoms. The zero-order chi connectivity index (χ0) is 57.0. The number of H-pyrrole nitrogens is 1. The van der Waals surface area contributed by atoms with E-state index in [1.54, 1.807) is 58.2 Å². The molecule has 0 saturated carbocycles. The summed E-state index contributed by atoms with van der Waals surface area (Å²) in [6.07, 6.45) is 0.425. The standard InChI is InChI=1S/C51H77N13O12/c1-9-27(6)39(52)46(71)62-40(25(2)3)47(72)57-24-38(67)58-28(7)43(68)60-37(22-31-23-56-34-14-11-10-13-33(31)34)44(69)61-36(21-30-16-18-32(66)19-17-30)45(70)64-42(29(8)65)49(74)63-41(26(4)5)48(73)59-35(50(75)76)15-12-20-55-51(53)54/h10-11,13-14,16-19,23,25-29,35-37,39-42,56,65-66H,9,12,15,20-22,24,52H2,1-8H3,(H,57,72)(H,58,67)(H,59,73)(H,60,68)(H,61,69)(H,62,71)(H,63,74)(H,64,70)(H,75,76)(H4,53,54,55)/t27-,28-,29+,35-,36-,37-,39-,40-,41-,42-/m0/s1. The van der Waals surface area contributed by atoms with Crippen LogP contribution in [0.2, 0.25) is 0 Å². The number of hydrogen-bond acceptors (Lipinski definition) is 13. The number of phenolic OH excluding ortho intramolecular Hbond substituents is 1. The highest BCUT2D eigenvalue weighted by Gasteiger charge is 2.36. The number of aromatic amines is 1. The van der Waals surface area contributed by atoms with Gasteiger partial charge in [0, 0.05) is 36.5 Å². The lowest BCUT2D eigenvalue weighted by Gasteiger charge is -2.29. The van der Waals surface area contributed by atoms with Crippen molar-refractivity contribution in [2.45, 2.75) is 142 Å². The van der Waals surface area contributed by atoms with E-state index < -0.39 is 120 Å². The number of nitrogens with one attached hydrogen (secondary N) is 9. The van der Waals surface area contributed by atoms with E-state index in [1.807, 2.05) is 13.8 Å². The van der Waals surface area contributed by atoms with Crippen molar-refractivity contribution < 1.29 is 58.5 Å². The first-order valence-corrected chi connectivity index (χ1v) is 25.2. The van der Waals surface area contributed by atoms with Gasteiger partial charge >= 0.3 is 5.97 Å². The van der Waals surface area contributed by atoms with Gasteiger partial charge in [-0.05, 0) is 73.8 Å². The molecular weight excluding hydrogens is 987 g/mol. The number of amides is 8. The molecule has 1 aromatic heterocycles. The molecule has 0 bridgehead atoms. The number of aliphatic carboxylic acids is 1. The highest BCUT2D eigenvalue weighted by atomic mass is 16.4. The molecule has 18 N–H and O–H groups in total. The Morgan fingerprint density at radius 3 is 1.78 bits per heavy atom. The maximum absolute atomic E-state index is 14.6. The van der Waals surface area contributed by atoms with Crippen molar-refractivity contribution in [3.63, 3.8) is 0 Å². The number of aliphatic hydroxyl groups excluding tert-OH is 1. The van der Waals surface area contributed by atoms with E-state index in [0.717, 1.165) is 0 Å². The van der Waals surface area contributed by atoms with Crippen molar-refractivity contribution in [2.75, 3.05) is 13.1 Å². The average molecular weight is 1060 g/mol. The van der Waals surface area contributed by atoms with Gasteiger partial charge in [-0.15, -0.1) is 0 Å². The molecular formula is C51H77N13O12. The van der Waals surface area contributed by atoms with Crippen LogP contribution in [-0.4, -0.2) is 147 Å². The zero-order valence-electron chi connectivity index (χ0n) is 44.3. The summed E-state index contributed by atoms with van der Waals surface area (Å²) < 4.78 is 0. The number of aliphatic imine (C=N–C) groups is 1. The summed E-state index contributed by atoms with van der Waals surface area (Å²) >= 11 is 0. The molecule has 0 unspecified atom stereocenters. The molecule has 8 amide bonds. The molecule has 10 atom stereocenters. The molecule has 76 heavy (non-hydrogen) atoms. The number of phenols is 1. The fraction of sp³-hybridized carbons (Fsp3) is 0.529. The van der Waals surface area contributed by atoms with E-state index in [-0.39, 0.29) is 55.8 Å². The van der Waals surface area contributed by atoms with Crippen molar-refractivity contribution in [1.82, 2.24) is 47.5 Å². The lowest BCUT2D eigenvalue weighted by atomic mass is 9.97. The first kappa shape index (κ1) is 62.5. The SMILES string of the molecule is CC[C@H](C)[C@H](N)C(=O)N[C@H](C(=O)NCC(=O)N[C@@H](C)C(=O)N[C@@H](Cc1c[nH]c2ccccc12)C(=O)N[C@@H](Cc1ccc(O)cc1)C(=O)N[C@H](C(=O)N[C@H](C(=O)N[C@@H](CCCN=C(N)N)C(=O)O)C(C)C)[C@@H](C)O)C(C)C. The third kappa shape index (κ3) is 19.5. The van der Waals surface area contributed by atoms with Gasteiger partial charge < -0.3 is 80.0 Å². The van der Waals surface area contributed by atoms with E-state index >= 15 is 0 Å². The van der Waals surface area contributed by atoms with Gasteiger partial charge in [0.15, 0.2) is 5.96 Å². The van der Waals surface area contributed by atoms with Crippen LogP contribution in [0.3, 0.4) is 0 Å². The number of aromatic hydroxyl groups is 1. The maximum atomic E-state index is 14.6. The fourth-order valence-corrected chi connectivity index (χ4v) is 7.77. The molecule has 3 aromatic rings. The molecule has 25 heteroatoms. The Balaban J connectivity index is 1.87. The first-order chi connectivity index (χ1) is 35.7. The first-order valence-electron chi connectivity index (χ1n) is 25.2. The summed E-state index contributed by atoms with van der Waals surface area (Å²) in [5.74, 6) is -9.36. The van der Waals surface area contributed by atoms with Crippen LogP contribution in [0.1, 0.15) is 85.8 Å². The van der Waals surface area contributed by atoms with Crippen LogP contribution in [0, 0.1) is 17.8 Å². The number of benzene rings is 2. The summed E-state index contributed by atoms with van der Waals surface area (Å²) in [6.45, 7) is 12.3. The van der Waals surface area contributed by atoms with Gasteiger partial charge in [-0.3, -0.25) is 43.3 Å². The molecule has 25 nitrogen and oxygen atoms in total. The Labute approximate surface area is 441 Å². The monoisotopic (exact) mass is 1060 g/mol. The fourth-order valence-electron chi connectivity index (χ4n) is 7.77. The van der Waals surface area contributed by atoms with Gasteiger partial charge in [-0.2, -0.15) is 0 Å². The van der Waals surface area contributed by atoms with Gasteiger partial charge in [0.05, 0.1) is 18.7 Å². The predicted molar refractivity (Wildman–Crippen MR) is 282 cm³/mol. The van der Waals surface area contributed by atoms with Crippen LogP contribution >= 0.6 is 0 Å². The van der Waals surface area contributed by atoms with Crippen molar-refractivity contribution in [2.24, 2.45) is 39.9 Å². The molecule has 0 radical (unpaired) electrons. The minimum absolute atomic E-state index is 0.0571. The second-order valence-corrected chi connectivity index (χ2v) is 19.5. The number of aromatic nitrogens is 1. The quantitative estimate of drug-likeness (QED) is 0.0203. The number of carboxylic acid groups (broad SMARTS) is 1. The highest BCUT2D eigenvalue weighted by Crippen LogP contribution is 2.20. The summed E-state index contributed by atoms with van der Waals surface area (Å²) in [6, 6.07) is 2.22. The number of carbonyl (C=O) groups is 9. The maximum Gasteiger partial charge on any atom is 0.326 e. The average Bonchev–Trinajstić information content (AvgIpc) is 3.77. The lowest BCUT2D eigenvalue weighted by molar-refractivity contribution is -0.143. The number of nitrogens with two attached hydrogens (primary N) is 3. The molecule has 3 rings (SSSR count). The minimum Gasteiger partial charge on any atom is -0.508 e. The second-order valence-electron chi connectivity index (χ2n) is 19.5. The number of fused-ring (bicyclic) bond motifs is 1. The molecule has 1 heterocycles. The van der Waals surface area contributed by atoms with Crippen molar-refractivity contribution in [3.05, 3.63) is 65.9 Å². The van der Waals surface area contributed by atoms with E-state index in [1.165, 1.54) is 38.1 Å². The predicted octanol–water partition coefficient (Wildman–Crippen LogP) is -1.61. The van der Waals surface area contributed by atoms with Gasteiger partial charge in [0.2, 0.25) is 47.3 Å². The number of aliphatic hydroxyl groups is 1. The molecule has 0 saturated heterocycles. The highest BCUT2D eigenvalue weighted by molar-refractivity contribution is 5.98. The smallest absolute Gasteiger partial charge is 0.326 e. The number of guanidine groups is 1. The Hall–Kier alpha value is -7.80. The summed E-state index contributed by atoms with van der Waals surface area (Å²) in [5.41, 5.74) is 18.5. The van der Waals surface area contributed by atoms with Gasteiger partial charge in [-0.1, -0.05) is 78.3 Å². The number of carboxylic acids is 1. The van der Waals surface area contributed by atoms with Crippen LogP contribution in [0.25, 0.3) is 10.9 Å². The summed E-state index contributed by atoms with van der Waals surface area (Å²) in [4.78, 5) is 128. The van der Waals surface area contributed by atoms with Crippen LogP contribution in [-0.2, 0) is 56.0 Å². The van der Waals surface area contributed by atoms with Crippen LogP contribution < -0.4 is 59.7 Å². The van der Waals surface area contributed by atoms with Crippen molar-refractivity contribution in [3.8, 4) is 5.75 Å². The van der Waals surface area contributed by atoms with Crippen molar-refractivity contribution >= 4 is 70.1 Å². The van der Waals surface area contributed by atoms with E-state index in [0.29, 0.717) is 28.5 Å². The molecule has 418 valence electrons. The van der Waals surface area contributed by atoms with Crippen LogP contribution in [0.15, 0.2) is 59.7 Å². The van der Waals surface area contributed by atoms with E-state index in [9.17, 15) is 58.5 Å². The largest absolute Gasteiger partial charge is 0.508 e. The van der Waals surface area contributed by atoms with E-state index in [4.69, 9.17) is 17.2 Å². The van der Waals surface area contributed by atoms with Gasteiger partial charge in [0.1, 0.15) is 48.0 Å². The topological polar surface area (TPSA) is 417 Å². The van der Waals surface area contributed by atoms with E-state index in [2.05, 4.69) is 52.5 Å². The normalized spacial score (nSPS) is 15.2.